The third-order valence-electron chi connectivity index (χ3n) is 3.58. The SMILES string of the molecule is CC(Nc1ccc(C(=O)Nc2nncs2)cn1)c1ccc(OC(F)F)cc1. The van der Waals surface area contributed by atoms with Crippen molar-refractivity contribution >= 4 is 28.2 Å². The Kier molecular flexibility index (Phi) is 5.87. The van der Waals surface area contributed by atoms with Gasteiger partial charge in [0.25, 0.3) is 5.91 Å². The fraction of sp³-hybridized carbons (Fsp3) is 0.176. The topological polar surface area (TPSA) is 89.0 Å². The summed E-state index contributed by atoms with van der Waals surface area (Å²) >= 11 is 1.22. The van der Waals surface area contributed by atoms with Crippen LogP contribution in [0.25, 0.3) is 0 Å². The maximum atomic E-state index is 12.2. The van der Waals surface area contributed by atoms with Gasteiger partial charge in [0.2, 0.25) is 5.13 Å². The average Bonchev–Trinajstić information content (AvgIpc) is 3.15. The summed E-state index contributed by atoms with van der Waals surface area (Å²) in [6.07, 6.45) is 1.45. The molecule has 2 N–H and O–H groups in total. The van der Waals surface area contributed by atoms with E-state index in [2.05, 4.69) is 30.6 Å². The van der Waals surface area contributed by atoms with Gasteiger partial charge < -0.3 is 10.1 Å². The van der Waals surface area contributed by atoms with E-state index < -0.39 is 6.61 Å². The molecule has 0 radical (unpaired) electrons. The van der Waals surface area contributed by atoms with Crippen LogP contribution >= 0.6 is 11.3 Å². The Bertz CT molecular complexity index is 873. The van der Waals surface area contributed by atoms with Gasteiger partial charge in [0.15, 0.2) is 0 Å². The molecule has 10 heteroatoms. The fourth-order valence-corrected chi connectivity index (χ4v) is 2.69. The minimum Gasteiger partial charge on any atom is -0.435 e. The third kappa shape index (κ3) is 5.17. The fourth-order valence-electron chi connectivity index (χ4n) is 2.25. The number of alkyl halides is 2. The van der Waals surface area contributed by atoms with E-state index in [4.69, 9.17) is 0 Å². The zero-order chi connectivity index (χ0) is 19.2. The van der Waals surface area contributed by atoms with Gasteiger partial charge in [-0.2, -0.15) is 8.78 Å². The zero-order valence-electron chi connectivity index (χ0n) is 14.1. The molecule has 27 heavy (non-hydrogen) atoms. The summed E-state index contributed by atoms with van der Waals surface area (Å²) < 4.78 is 28.7. The first-order valence-corrected chi connectivity index (χ1v) is 8.74. The number of nitrogens with zero attached hydrogens (tertiary/aromatic N) is 3. The second-order valence-corrected chi connectivity index (χ2v) is 6.28. The predicted molar refractivity (Wildman–Crippen MR) is 97.2 cm³/mol. The van der Waals surface area contributed by atoms with Crippen LogP contribution in [0.5, 0.6) is 5.75 Å². The van der Waals surface area contributed by atoms with Gasteiger partial charge in [-0.3, -0.25) is 10.1 Å². The number of halogens is 2. The quantitative estimate of drug-likeness (QED) is 0.634. The van der Waals surface area contributed by atoms with Crippen molar-refractivity contribution in [2.24, 2.45) is 0 Å². The average molecular weight is 391 g/mol. The standard InChI is InChI=1S/C17H15F2N5O2S/c1-10(11-2-5-13(6-3-11)26-16(18)19)22-14-7-4-12(8-20-14)15(25)23-17-24-21-9-27-17/h2-10,16H,1H3,(H,20,22)(H,23,24,25). The first kappa shape index (κ1) is 18.6. The molecule has 1 aromatic carbocycles. The highest BCUT2D eigenvalue weighted by atomic mass is 32.1. The Morgan fingerprint density at radius 3 is 2.56 bits per heavy atom. The molecule has 1 amide bonds. The summed E-state index contributed by atoms with van der Waals surface area (Å²) in [5.74, 6) is 0.348. The van der Waals surface area contributed by atoms with E-state index in [1.165, 1.54) is 35.2 Å². The van der Waals surface area contributed by atoms with Crippen molar-refractivity contribution in [1.29, 1.82) is 0 Å². The van der Waals surface area contributed by atoms with Crippen molar-refractivity contribution in [3.8, 4) is 5.75 Å². The molecule has 1 atom stereocenters. The van der Waals surface area contributed by atoms with Gasteiger partial charge in [0.05, 0.1) is 5.56 Å². The Balaban J connectivity index is 1.59. The molecule has 0 aliphatic rings. The monoisotopic (exact) mass is 391 g/mol. The van der Waals surface area contributed by atoms with E-state index in [0.29, 0.717) is 16.5 Å². The van der Waals surface area contributed by atoms with Crippen LogP contribution in [0.4, 0.5) is 19.7 Å². The molecule has 0 aliphatic heterocycles. The maximum Gasteiger partial charge on any atom is 0.387 e. The molecule has 0 fully saturated rings. The van der Waals surface area contributed by atoms with E-state index in [1.54, 1.807) is 24.3 Å². The lowest BCUT2D eigenvalue weighted by Gasteiger charge is -2.15. The molecule has 0 spiro atoms. The summed E-state index contributed by atoms with van der Waals surface area (Å²) in [5.41, 5.74) is 2.78. The number of carbonyl (C=O) groups is 1. The van der Waals surface area contributed by atoms with Crippen LogP contribution in [0.3, 0.4) is 0 Å². The number of benzene rings is 1. The van der Waals surface area contributed by atoms with Crippen LogP contribution < -0.4 is 15.4 Å². The van der Waals surface area contributed by atoms with Gasteiger partial charge in [0, 0.05) is 12.2 Å². The normalized spacial score (nSPS) is 11.9. The molecule has 1 unspecified atom stereocenters. The Morgan fingerprint density at radius 2 is 1.96 bits per heavy atom. The van der Waals surface area contributed by atoms with Gasteiger partial charge in [-0.25, -0.2) is 4.98 Å². The van der Waals surface area contributed by atoms with Crippen molar-refractivity contribution < 1.29 is 18.3 Å². The molecule has 0 aliphatic carbocycles. The van der Waals surface area contributed by atoms with Crippen LogP contribution in [0.2, 0.25) is 0 Å². The summed E-state index contributed by atoms with van der Waals surface area (Å²) in [6, 6.07) is 9.54. The molecule has 2 heterocycles. The zero-order valence-corrected chi connectivity index (χ0v) is 14.9. The van der Waals surface area contributed by atoms with Crippen LogP contribution in [0, 0.1) is 0 Å². The number of carbonyl (C=O) groups excluding carboxylic acids is 1. The molecular formula is C17H15F2N5O2S. The minimum absolute atomic E-state index is 0.102. The lowest BCUT2D eigenvalue weighted by Crippen LogP contribution is -2.13. The van der Waals surface area contributed by atoms with E-state index in [-0.39, 0.29) is 17.7 Å². The first-order valence-electron chi connectivity index (χ1n) is 7.86. The molecule has 0 bridgehead atoms. The lowest BCUT2D eigenvalue weighted by atomic mass is 10.1. The van der Waals surface area contributed by atoms with Crippen LogP contribution in [0.15, 0.2) is 48.1 Å². The highest BCUT2D eigenvalue weighted by molar-refractivity contribution is 7.13. The molecular weight excluding hydrogens is 376 g/mol. The van der Waals surface area contributed by atoms with E-state index in [9.17, 15) is 13.6 Å². The van der Waals surface area contributed by atoms with Crippen molar-refractivity contribution in [3.05, 3.63) is 59.2 Å². The summed E-state index contributed by atoms with van der Waals surface area (Å²) in [5, 5.41) is 13.6. The molecule has 140 valence electrons. The number of ether oxygens (including phenoxy) is 1. The number of rotatable bonds is 7. The van der Waals surface area contributed by atoms with Crippen molar-refractivity contribution in [2.75, 3.05) is 10.6 Å². The van der Waals surface area contributed by atoms with Crippen molar-refractivity contribution in [1.82, 2.24) is 15.2 Å². The Morgan fingerprint density at radius 1 is 1.19 bits per heavy atom. The number of anilines is 2. The van der Waals surface area contributed by atoms with E-state index in [1.807, 2.05) is 6.92 Å². The van der Waals surface area contributed by atoms with Crippen LogP contribution in [-0.2, 0) is 0 Å². The minimum atomic E-state index is -2.85. The van der Waals surface area contributed by atoms with Gasteiger partial charge in [-0.1, -0.05) is 23.5 Å². The Hall–Kier alpha value is -3.14. The second-order valence-electron chi connectivity index (χ2n) is 5.44. The molecule has 7 nitrogen and oxygen atoms in total. The van der Waals surface area contributed by atoms with Crippen molar-refractivity contribution in [2.45, 2.75) is 19.6 Å². The molecule has 3 rings (SSSR count). The van der Waals surface area contributed by atoms with Gasteiger partial charge in [-0.05, 0) is 36.8 Å². The highest BCUT2D eigenvalue weighted by Gasteiger charge is 2.11. The van der Waals surface area contributed by atoms with Crippen molar-refractivity contribution in [3.63, 3.8) is 0 Å². The summed E-state index contributed by atoms with van der Waals surface area (Å²) in [6.45, 7) is -0.945. The first-order chi connectivity index (χ1) is 13.0. The van der Waals surface area contributed by atoms with Gasteiger partial charge in [-0.15, -0.1) is 10.2 Å². The number of pyridine rings is 1. The smallest absolute Gasteiger partial charge is 0.387 e. The van der Waals surface area contributed by atoms with E-state index in [0.717, 1.165) is 5.56 Å². The molecule has 0 saturated carbocycles. The largest absolute Gasteiger partial charge is 0.435 e. The van der Waals surface area contributed by atoms with E-state index >= 15 is 0 Å². The number of aromatic nitrogens is 3. The highest BCUT2D eigenvalue weighted by Crippen LogP contribution is 2.22. The molecule has 3 aromatic rings. The number of nitrogens with one attached hydrogen (secondary N) is 2. The lowest BCUT2D eigenvalue weighted by molar-refractivity contribution is -0.0498. The van der Waals surface area contributed by atoms with Gasteiger partial charge in [0.1, 0.15) is 17.1 Å². The number of amides is 1. The second kappa shape index (κ2) is 8.49. The van der Waals surface area contributed by atoms with Crippen LogP contribution in [-0.4, -0.2) is 27.7 Å². The number of hydrogen-bond acceptors (Lipinski definition) is 7. The third-order valence-corrected chi connectivity index (χ3v) is 4.18. The molecule has 2 aromatic heterocycles. The predicted octanol–water partition coefficient (Wildman–Crippen LogP) is 3.96. The number of hydrogen-bond donors (Lipinski definition) is 2. The Labute approximate surface area is 157 Å². The summed E-state index contributed by atoms with van der Waals surface area (Å²) in [7, 11) is 0. The summed E-state index contributed by atoms with van der Waals surface area (Å²) in [4.78, 5) is 16.3. The molecule has 0 saturated heterocycles. The van der Waals surface area contributed by atoms with Gasteiger partial charge >= 0.3 is 6.61 Å². The maximum absolute atomic E-state index is 12.2. The van der Waals surface area contributed by atoms with Crippen LogP contribution in [0.1, 0.15) is 28.9 Å².